The zero-order chi connectivity index (χ0) is 11.4. The van der Waals surface area contributed by atoms with Crippen LogP contribution in [-0.4, -0.2) is 35.7 Å². The first kappa shape index (κ1) is 12.0. The van der Waals surface area contributed by atoms with Gasteiger partial charge in [0.2, 0.25) is 5.91 Å². The average Bonchev–Trinajstić information content (AvgIpc) is 2.60. The van der Waals surface area contributed by atoms with E-state index in [2.05, 4.69) is 5.32 Å². The molecule has 1 fully saturated rings. The van der Waals surface area contributed by atoms with Gasteiger partial charge in [-0.2, -0.15) is 0 Å². The summed E-state index contributed by atoms with van der Waals surface area (Å²) in [6.07, 6.45) is 0.739. The van der Waals surface area contributed by atoms with Crippen molar-refractivity contribution in [3.63, 3.8) is 0 Å². The van der Waals surface area contributed by atoms with Gasteiger partial charge in [-0.3, -0.25) is 4.79 Å². The minimum Gasteiger partial charge on any atom is -0.480 e. The molecule has 1 amide bonds. The Hall–Kier alpha value is -1.10. The van der Waals surface area contributed by atoms with Crippen molar-refractivity contribution in [3.8, 4) is 0 Å². The number of hydrogen-bond donors (Lipinski definition) is 2. The Morgan fingerprint density at radius 1 is 1.60 bits per heavy atom. The Labute approximate surface area is 88.8 Å². The molecule has 1 heterocycles. The summed E-state index contributed by atoms with van der Waals surface area (Å²) in [5.74, 6) is -1.15. The Balaban J connectivity index is 2.50. The second-order valence-electron chi connectivity index (χ2n) is 3.87. The van der Waals surface area contributed by atoms with Crippen molar-refractivity contribution >= 4 is 11.9 Å². The summed E-state index contributed by atoms with van der Waals surface area (Å²) in [6, 6.07) is -0.811. The highest BCUT2D eigenvalue weighted by molar-refractivity contribution is 5.86. The van der Waals surface area contributed by atoms with Gasteiger partial charge in [-0.15, -0.1) is 0 Å². The van der Waals surface area contributed by atoms with Crippen LogP contribution in [-0.2, 0) is 14.3 Å². The quantitative estimate of drug-likeness (QED) is 0.711. The van der Waals surface area contributed by atoms with E-state index in [4.69, 9.17) is 9.84 Å². The van der Waals surface area contributed by atoms with Crippen LogP contribution in [0.1, 0.15) is 26.7 Å². The second-order valence-corrected chi connectivity index (χ2v) is 3.87. The highest BCUT2D eigenvalue weighted by Crippen LogP contribution is 2.20. The third kappa shape index (κ3) is 2.92. The molecule has 0 aromatic carbocycles. The van der Waals surface area contributed by atoms with Gasteiger partial charge in [-0.1, -0.05) is 13.8 Å². The van der Waals surface area contributed by atoms with Crippen molar-refractivity contribution in [2.45, 2.75) is 38.8 Å². The minimum atomic E-state index is -1.00. The Kier molecular flexibility index (Phi) is 4.08. The number of aliphatic carboxylic acids is 1. The lowest BCUT2D eigenvalue weighted by Crippen LogP contribution is -2.46. The van der Waals surface area contributed by atoms with Crippen LogP contribution in [0.3, 0.4) is 0 Å². The first-order valence-corrected chi connectivity index (χ1v) is 5.21. The Bertz CT molecular complexity index is 254. The first-order valence-electron chi connectivity index (χ1n) is 5.21. The topological polar surface area (TPSA) is 75.6 Å². The van der Waals surface area contributed by atoms with Gasteiger partial charge in [-0.25, -0.2) is 4.79 Å². The van der Waals surface area contributed by atoms with E-state index < -0.39 is 18.1 Å². The van der Waals surface area contributed by atoms with Crippen molar-refractivity contribution in [2.75, 3.05) is 6.61 Å². The molecule has 0 aromatic heterocycles. The van der Waals surface area contributed by atoms with Gasteiger partial charge in [-0.05, 0) is 18.8 Å². The van der Waals surface area contributed by atoms with Gasteiger partial charge in [0.15, 0.2) is 0 Å². The maximum absolute atomic E-state index is 11.6. The molecule has 1 aliphatic heterocycles. The molecule has 2 N–H and O–H groups in total. The molecule has 2 unspecified atom stereocenters. The predicted molar refractivity (Wildman–Crippen MR) is 53.4 cm³/mol. The normalized spacial score (nSPS) is 27.3. The van der Waals surface area contributed by atoms with E-state index in [0.29, 0.717) is 13.0 Å². The van der Waals surface area contributed by atoms with E-state index >= 15 is 0 Å². The molecule has 5 heteroatoms. The maximum Gasteiger partial charge on any atom is 0.326 e. The molecule has 15 heavy (non-hydrogen) atoms. The minimum absolute atomic E-state index is 0.163. The van der Waals surface area contributed by atoms with Crippen molar-refractivity contribution in [1.29, 1.82) is 0 Å². The van der Waals surface area contributed by atoms with Gasteiger partial charge in [0.05, 0.1) is 0 Å². The second kappa shape index (κ2) is 5.11. The number of carbonyl (C=O) groups is 2. The Morgan fingerprint density at radius 2 is 2.27 bits per heavy atom. The molecule has 0 spiro atoms. The number of ether oxygens (including phenoxy) is 1. The van der Waals surface area contributed by atoms with Crippen molar-refractivity contribution < 1.29 is 19.4 Å². The molecule has 3 atom stereocenters. The van der Waals surface area contributed by atoms with Crippen LogP contribution in [0.5, 0.6) is 0 Å². The third-order valence-electron chi connectivity index (χ3n) is 2.67. The molecule has 0 aromatic rings. The average molecular weight is 215 g/mol. The van der Waals surface area contributed by atoms with Crippen LogP contribution in [0.25, 0.3) is 0 Å². The number of carbonyl (C=O) groups excluding carboxylic acids is 1. The zero-order valence-corrected chi connectivity index (χ0v) is 9.03. The van der Waals surface area contributed by atoms with E-state index in [0.717, 1.165) is 6.42 Å². The van der Waals surface area contributed by atoms with Crippen molar-refractivity contribution in [2.24, 2.45) is 5.92 Å². The van der Waals surface area contributed by atoms with E-state index in [-0.39, 0.29) is 11.8 Å². The van der Waals surface area contributed by atoms with Gasteiger partial charge in [0, 0.05) is 6.61 Å². The van der Waals surface area contributed by atoms with Crippen LogP contribution < -0.4 is 5.32 Å². The SMILES string of the molecule is CC[C@@H](NC(=O)C1OCCC1C)C(=O)O. The van der Waals surface area contributed by atoms with Gasteiger partial charge >= 0.3 is 5.97 Å². The number of carboxylic acid groups (broad SMARTS) is 1. The predicted octanol–water partition coefficient (Wildman–Crippen LogP) is 0.391. The largest absolute Gasteiger partial charge is 0.480 e. The van der Waals surface area contributed by atoms with E-state index in [1.54, 1.807) is 6.92 Å². The third-order valence-corrected chi connectivity index (χ3v) is 2.67. The summed E-state index contributed by atoms with van der Waals surface area (Å²) in [5.41, 5.74) is 0. The van der Waals surface area contributed by atoms with Crippen molar-refractivity contribution in [3.05, 3.63) is 0 Å². The van der Waals surface area contributed by atoms with Gasteiger partial charge in [0.1, 0.15) is 12.1 Å². The number of nitrogens with one attached hydrogen (secondary N) is 1. The molecule has 86 valence electrons. The molecule has 1 aliphatic rings. The fourth-order valence-corrected chi connectivity index (χ4v) is 1.62. The number of amides is 1. The standard InChI is InChI=1S/C10H17NO4/c1-3-7(10(13)14)11-9(12)8-6(2)4-5-15-8/h6-8H,3-5H2,1-2H3,(H,11,12)(H,13,14)/t6?,7-,8?/m1/s1. The molecule has 0 bridgehead atoms. The summed E-state index contributed by atoms with van der Waals surface area (Å²) in [5, 5.41) is 11.3. The van der Waals surface area contributed by atoms with Crippen LogP contribution in [0, 0.1) is 5.92 Å². The summed E-state index contributed by atoms with van der Waals surface area (Å²) < 4.78 is 5.25. The summed E-state index contributed by atoms with van der Waals surface area (Å²) in [4.78, 5) is 22.3. The van der Waals surface area contributed by atoms with E-state index in [1.807, 2.05) is 6.92 Å². The molecule has 0 saturated carbocycles. The van der Waals surface area contributed by atoms with E-state index in [1.165, 1.54) is 0 Å². The summed E-state index contributed by atoms with van der Waals surface area (Å²) in [7, 11) is 0. The highest BCUT2D eigenvalue weighted by Gasteiger charge is 2.32. The molecule has 1 rings (SSSR count). The van der Waals surface area contributed by atoms with Crippen LogP contribution in [0.4, 0.5) is 0 Å². The molecule has 1 saturated heterocycles. The molecule has 0 radical (unpaired) electrons. The molecule has 0 aliphatic carbocycles. The monoisotopic (exact) mass is 215 g/mol. The number of rotatable bonds is 4. The summed E-state index contributed by atoms with van der Waals surface area (Å²) in [6.45, 7) is 4.22. The fourth-order valence-electron chi connectivity index (χ4n) is 1.62. The first-order chi connectivity index (χ1) is 7.06. The zero-order valence-electron chi connectivity index (χ0n) is 9.03. The molecular weight excluding hydrogens is 198 g/mol. The van der Waals surface area contributed by atoms with Gasteiger partial charge in [0.25, 0.3) is 0 Å². The number of carboxylic acids is 1. The van der Waals surface area contributed by atoms with Crippen molar-refractivity contribution in [1.82, 2.24) is 5.32 Å². The lowest BCUT2D eigenvalue weighted by molar-refractivity contribution is -0.144. The van der Waals surface area contributed by atoms with Gasteiger partial charge < -0.3 is 15.2 Å². The van der Waals surface area contributed by atoms with Crippen LogP contribution in [0.15, 0.2) is 0 Å². The molecular formula is C10H17NO4. The maximum atomic E-state index is 11.6. The van der Waals surface area contributed by atoms with Crippen LogP contribution >= 0.6 is 0 Å². The Morgan fingerprint density at radius 3 is 2.67 bits per heavy atom. The lowest BCUT2D eigenvalue weighted by Gasteiger charge is -2.18. The van der Waals surface area contributed by atoms with E-state index in [9.17, 15) is 9.59 Å². The summed E-state index contributed by atoms with van der Waals surface area (Å²) >= 11 is 0. The smallest absolute Gasteiger partial charge is 0.326 e. The fraction of sp³-hybridized carbons (Fsp3) is 0.800. The van der Waals surface area contributed by atoms with Crippen LogP contribution in [0.2, 0.25) is 0 Å². The highest BCUT2D eigenvalue weighted by atomic mass is 16.5. The lowest BCUT2D eigenvalue weighted by atomic mass is 10.0. The number of hydrogen-bond acceptors (Lipinski definition) is 3. The molecule has 5 nitrogen and oxygen atoms in total.